The lowest BCUT2D eigenvalue weighted by Crippen LogP contribution is -2.53. The molecule has 0 radical (unpaired) electrons. The summed E-state index contributed by atoms with van der Waals surface area (Å²) in [6, 6.07) is 4.58. The summed E-state index contributed by atoms with van der Waals surface area (Å²) < 4.78 is 2.23. The van der Waals surface area contributed by atoms with Crippen molar-refractivity contribution in [1.29, 1.82) is 0 Å². The van der Waals surface area contributed by atoms with Gasteiger partial charge in [0.05, 0.1) is 5.52 Å². The maximum absolute atomic E-state index is 13.8. The standard InChI is InChI=1S/C32H50N8O3/c1-3-40-21-24(20-39-16-7-8-17-39)26-14-13-25(19-29(26)40)37-31(43)28(18-23-10-5-4-6-11-23)38-30(42)27(36-22(2)41)12-9-15-35-32(33)34/h13-14,19,21,23,27-28H,3-12,15-18,20H2,1-2H3,(H,36,41)(H,37,43)(H,38,42)(H4,33,34,35)/t27-,28-/m0/s1. The van der Waals surface area contributed by atoms with Crippen molar-refractivity contribution in [2.75, 3.05) is 25.0 Å². The van der Waals surface area contributed by atoms with Gasteiger partial charge in [-0.1, -0.05) is 38.2 Å². The van der Waals surface area contributed by atoms with Gasteiger partial charge >= 0.3 is 0 Å². The van der Waals surface area contributed by atoms with Crippen molar-refractivity contribution in [3.8, 4) is 0 Å². The molecule has 7 N–H and O–H groups in total. The summed E-state index contributed by atoms with van der Waals surface area (Å²) >= 11 is 0. The molecule has 43 heavy (non-hydrogen) atoms. The van der Waals surface area contributed by atoms with E-state index in [1.165, 1.54) is 37.1 Å². The van der Waals surface area contributed by atoms with E-state index in [2.05, 4.69) is 49.6 Å². The molecular weight excluding hydrogens is 544 g/mol. The van der Waals surface area contributed by atoms with Gasteiger partial charge < -0.3 is 32.0 Å². The van der Waals surface area contributed by atoms with E-state index in [-0.39, 0.29) is 23.7 Å². The van der Waals surface area contributed by atoms with Crippen molar-refractivity contribution in [2.45, 2.75) is 103 Å². The fourth-order valence-electron chi connectivity index (χ4n) is 6.52. The molecule has 1 aromatic carbocycles. The zero-order valence-electron chi connectivity index (χ0n) is 25.9. The Kier molecular flexibility index (Phi) is 11.8. The smallest absolute Gasteiger partial charge is 0.246 e. The number of amides is 3. The summed E-state index contributed by atoms with van der Waals surface area (Å²) in [5.74, 6) is -0.590. The fourth-order valence-corrected chi connectivity index (χ4v) is 6.52. The minimum absolute atomic E-state index is 0.0167. The molecule has 4 rings (SSSR count). The Labute approximate surface area is 255 Å². The van der Waals surface area contributed by atoms with E-state index >= 15 is 0 Å². The van der Waals surface area contributed by atoms with Crippen LogP contribution in [-0.2, 0) is 27.5 Å². The predicted octanol–water partition coefficient (Wildman–Crippen LogP) is 3.21. The first-order chi connectivity index (χ1) is 20.7. The van der Waals surface area contributed by atoms with E-state index in [1.807, 2.05) is 12.1 Å². The van der Waals surface area contributed by atoms with Crippen LogP contribution in [-0.4, -0.2) is 64.9 Å². The monoisotopic (exact) mass is 594 g/mol. The van der Waals surface area contributed by atoms with Gasteiger partial charge in [-0.15, -0.1) is 0 Å². The van der Waals surface area contributed by atoms with Crippen molar-refractivity contribution in [2.24, 2.45) is 22.4 Å². The van der Waals surface area contributed by atoms with Gasteiger partial charge in [0.15, 0.2) is 5.96 Å². The molecule has 0 unspecified atom stereocenters. The number of benzene rings is 1. The molecule has 1 aliphatic carbocycles. The summed E-state index contributed by atoms with van der Waals surface area (Å²) in [5, 5.41) is 10.0. The lowest BCUT2D eigenvalue weighted by Gasteiger charge is -2.28. The van der Waals surface area contributed by atoms with Gasteiger partial charge in [-0.05, 0) is 75.7 Å². The zero-order valence-corrected chi connectivity index (χ0v) is 25.9. The maximum atomic E-state index is 13.8. The van der Waals surface area contributed by atoms with Crippen LogP contribution in [0.2, 0.25) is 0 Å². The van der Waals surface area contributed by atoms with Gasteiger partial charge in [0.1, 0.15) is 12.1 Å². The number of guanidine groups is 1. The Balaban J connectivity index is 1.49. The molecule has 2 fully saturated rings. The lowest BCUT2D eigenvalue weighted by molar-refractivity contribution is -0.130. The SMILES string of the molecule is CCn1cc(CN2CCCC2)c2ccc(NC(=O)[C@H](CC3CCCCC3)NC(=O)[C@H](CCCN=C(N)N)NC(C)=O)cc21. The molecule has 11 nitrogen and oxygen atoms in total. The van der Waals surface area contributed by atoms with Gasteiger partial charge in [-0.25, -0.2) is 0 Å². The van der Waals surface area contributed by atoms with Crippen molar-refractivity contribution in [3.05, 3.63) is 30.0 Å². The fraction of sp³-hybridized carbons (Fsp3) is 0.625. The summed E-state index contributed by atoms with van der Waals surface area (Å²) in [7, 11) is 0. The lowest BCUT2D eigenvalue weighted by atomic mass is 9.84. The highest BCUT2D eigenvalue weighted by atomic mass is 16.2. The molecule has 1 saturated heterocycles. The predicted molar refractivity (Wildman–Crippen MR) is 171 cm³/mol. The highest BCUT2D eigenvalue weighted by molar-refractivity contribution is 6.00. The van der Waals surface area contributed by atoms with Gasteiger partial charge in [-0.3, -0.25) is 24.3 Å². The van der Waals surface area contributed by atoms with Gasteiger partial charge in [-0.2, -0.15) is 0 Å². The highest BCUT2D eigenvalue weighted by Crippen LogP contribution is 2.29. The molecule has 0 bridgehead atoms. The molecule has 11 heteroatoms. The first kappa shape index (κ1) is 32.3. The summed E-state index contributed by atoms with van der Waals surface area (Å²) in [6.45, 7) is 7.90. The average molecular weight is 595 g/mol. The zero-order chi connectivity index (χ0) is 30.8. The Morgan fingerprint density at radius 1 is 1.00 bits per heavy atom. The van der Waals surface area contributed by atoms with Crippen molar-refractivity contribution >= 4 is 40.3 Å². The van der Waals surface area contributed by atoms with Gasteiger partial charge in [0, 0.05) is 43.8 Å². The van der Waals surface area contributed by atoms with Crippen LogP contribution in [0.4, 0.5) is 5.69 Å². The summed E-state index contributed by atoms with van der Waals surface area (Å²) in [4.78, 5) is 45.5. The highest BCUT2D eigenvalue weighted by Gasteiger charge is 2.29. The van der Waals surface area contributed by atoms with Crippen LogP contribution in [0.5, 0.6) is 0 Å². The maximum Gasteiger partial charge on any atom is 0.246 e. The van der Waals surface area contributed by atoms with Gasteiger partial charge in [0.2, 0.25) is 17.7 Å². The molecular formula is C32H50N8O3. The van der Waals surface area contributed by atoms with Crippen LogP contribution in [0.15, 0.2) is 29.4 Å². The number of aromatic nitrogens is 1. The second-order valence-corrected chi connectivity index (χ2v) is 12.1. The third-order valence-electron chi connectivity index (χ3n) is 8.73. The Bertz CT molecular complexity index is 1270. The van der Waals surface area contributed by atoms with E-state index in [0.717, 1.165) is 57.4 Å². The number of aryl methyl sites for hydroxylation is 1. The normalized spacial score (nSPS) is 17.3. The topological polar surface area (TPSA) is 160 Å². The second-order valence-electron chi connectivity index (χ2n) is 12.1. The van der Waals surface area contributed by atoms with Crippen molar-refractivity contribution < 1.29 is 14.4 Å². The number of nitrogens with one attached hydrogen (secondary N) is 3. The molecule has 2 aliphatic rings. The number of likely N-dealkylation sites (tertiary alicyclic amines) is 1. The van der Waals surface area contributed by atoms with E-state index in [0.29, 0.717) is 37.4 Å². The number of hydrogen-bond donors (Lipinski definition) is 5. The largest absolute Gasteiger partial charge is 0.370 e. The number of hydrogen-bond acceptors (Lipinski definition) is 5. The van der Waals surface area contributed by atoms with Crippen molar-refractivity contribution in [3.63, 3.8) is 0 Å². The molecule has 236 valence electrons. The number of anilines is 1. The number of aliphatic imine (C=N–C) groups is 1. The Morgan fingerprint density at radius 3 is 2.42 bits per heavy atom. The number of carbonyl (C=O) groups is 3. The first-order valence-electron chi connectivity index (χ1n) is 16.0. The van der Waals surface area contributed by atoms with E-state index < -0.39 is 12.1 Å². The number of carbonyl (C=O) groups excluding carboxylic acids is 3. The molecule has 1 saturated carbocycles. The molecule has 1 aromatic heterocycles. The average Bonchev–Trinajstić information content (AvgIpc) is 3.62. The van der Waals surface area contributed by atoms with E-state index in [9.17, 15) is 14.4 Å². The molecule has 2 heterocycles. The minimum Gasteiger partial charge on any atom is -0.370 e. The second kappa shape index (κ2) is 15.7. The van der Waals surface area contributed by atoms with Crippen LogP contribution in [0.3, 0.4) is 0 Å². The number of fused-ring (bicyclic) bond motifs is 1. The third-order valence-corrected chi connectivity index (χ3v) is 8.73. The van der Waals surface area contributed by atoms with E-state index in [4.69, 9.17) is 11.5 Å². The number of rotatable bonds is 14. The molecule has 2 atom stereocenters. The minimum atomic E-state index is -0.786. The van der Waals surface area contributed by atoms with Crippen molar-refractivity contribution in [1.82, 2.24) is 20.1 Å². The Morgan fingerprint density at radius 2 is 1.74 bits per heavy atom. The molecule has 3 amide bonds. The molecule has 2 aromatic rings. The third kappa shape index (κ3) is 9.44. The van der Waals surface area contributed by atoms with Crippen LogP contribution >= 0.6 is 0 Å². The summed E-state index contributed by atoms with van der Waals surface area (Å²) in [5.41, 5.74) is 13.9. The molecule has 1 aliphatic heterocycles. The van der Waals surface area contributed by atoms with Crippen LogP contribution in [0.25, 0.3) is 10.9 Å². The quantitative estimate of drug-likeness (QED) is 0.128. The Hall–Kier alpha value is -3.60. The van der Waals surface area contributed by atoms with E-state index in [1.54, 1.807) is 0 Å². The van der Waals surface area contributed by atoms with Gasteiger partial charge in [0.25, 0.3) is 0 Å². The number of nitrogens with zero attached hydrogens (tertiary/aromatic N) is 3. The van der Waals surface area contributed by atoms with Crippen LogP contribution < -0.4 is 27.4 Å². The van der Waals surface area contributed by atoms with Crippen LogP contribution in [0, 0.1) is 5.92 Å². The molecule has 0 spiro atoms. The summed E-state index contributed by atoms with van der Waals surface area (Å²) in [6.07, 6.45) is 11.7. The number of nitrogens with two attached hydrogens (primary N) is 2. The first-order valence-corrected chi connectivity index (χ1v) is 16.0. The van der Waals surface area contributed by atoms with Crippen LogP contribution in [0.1, 0.15) is 83.6 Å².